The summed E-state index contributed by atoms with van der Waals surface area (Å²) in [6, 6.07) is 15.5. The second-order valence-corrected chi connectivity index (χ2v) is 8.08. The summed E-state index contributed by atoms with van der Waals surface area (Å²) in [6.07, 6.45) is 0.637. The first kappa shape index (κ1) is 19.3. The molecule has 1 atom stereocenters. The molecule has 0 N–H and O–H groups in total. The smallest absolute Gasteiger partial charge is 0.328 e. The second-order valence-electron chi connectivity index (χ2n) is 7.22. The monoisotopic (exact) mass is 406 g/mol. The van der Waals surface area contributed by atoms with Crippen molar-refractivity contribution < 1.29 is 14.3 Å². The number of hydrogen-bond donors (Lipinski definition) is 0. The SMILES string of the molecule is COC(=O)C1Cc2ccccc2CN1C(=O)Cc1csc(-c2cccc(C)c2)n1. The summed E-state index contributed by atoms with van der Waals surface area (Å²) in [7, 11) is 1.36. The topological polar surface area (TPSA) is 59.5 Å². The Morgan fingerprint density at radius 3 is 2.72 bits per heavy atom. The Labute approximate surface area is 174 Å². The molecular weight excluding hydrogens is 384 g/mol. The first-order chi connectivity index (χ1) is 14.0. The van der Waals surface area contributed by atoms with Crippen molar-refractivity contribution in [2.75, 3.05) is 7.11 Å². The standard InChI is InChI=1S/C23H22N2O3S/c1-15-6-5-9-17(10-15)22-24-19(14-29-22)12-21(26)25-13-18-8-4-3-7-16(18)11-20(25)23(27)28-2/h3-10,14,20H,11-13H2,1-2H3. The Kier molecular flexibility index (Phi) is 5.45. The van der Waals surface area contributed by atoms with E-state index in [1.165, 1.54) is 24.0 Å². The largest absolute Gasteiger partial charge is 0.467 e. The molecule has 0 saturated carbocycles. The van der Waals surface area contributed by atoms with E-state index in [-0.39, 0.29) is 18.3 Å². The van der Waals surface area contributed by atoms with Crippen LogP contribution in [0, 0.1) is 6.92 Å². The maximum atomic E-state index is 13.1. The third-order valence-corrected chi connectivity index (χ3v) is 6.13. The zero-order chi connectivity index (χ0) is 20.4. The lowest BCUT2D eigenvalue weighted by molar-refractivity contribution is -0.153. The van der Waals surface area contributed by atoms with E-state index in [9.17, 15) is 9.59 Å². The third-order valence-electron chi connectivity index (χ3n) is 5.19. The highest BCUT2D eigenvalue weighted by Gasteiger charge is 2.35. The molecule has 1 aromatic heterocycles. The molecule has 6 heteroatoms. The lowest BCUT2D eigenvalue weighted by Gasteiger charge is -2.35. The highest BCUT2D eigenvalue weighted by molar-refractivity contribution is 7.13. The number of thiazole rings is 1. The first-order valence-electron chi connectivity index (χ1n) is 9.50. The van der Waals surface area contributed by atoms with Gasteiger partial charge in [0.25, 0.3) is 0 Å². The lowest BCUT2D eigenvalue weighted by Crippen LogP contribution is -2.49. The summed E-state index contributed by atoms with van der Waals surface area (Å²) in [5, 5.41) is 2.81. The van der Waals surface area contributed by atoms with Crippen LogP contribution in [0.15, 0.2) is 53.9 Å². The fraction of sp³-hybridized carbons (Fsp3) is 0.261. The molecule has 0 aliphatic carbocycles. The van der Waals surface area contributed by atoms with E-state index < -0.39 is 6.04 Å². The number of nitrogens with zero attached hydrogens (tertiary/aromatic N) is 2. The number of esters is 1. The van der Waals surface area contributed by atoms with Crippen LogP contribution < -0.4 is 0 Å². The normalized spacial score (nSPS) is 15.7. The number of methoxy groups -OCH3 is 1. The highest BCUT2D eigenvalue weighted by Crippen LogP contribution is 2.27. The minimum absolute atomic E-state index is 0.115. The van der Waals surface area contributed by atoms with Gasteiger partial charge in [-0.25, -0.2) is 9.78 Å². The first-order valence-corrected chi connectivity index (χ1v) is 10.4. The number of benzene rings is 2. The van der Waals surface area contributed by atoms with E-state index in [0.29, 0.717) is 13.0 Å². The molecule has 1 unspecified atom stereocenters. The lowest BCUT2D eigenvalue weighted by atomic mass is 9.93. The van der Waals surface area contributed by atoms with Gasteiger partial charge in [-0.1, -0.05) is 48.0 Å². The van der Waals surface area contributed by atoms with Crippen LogP contribution in [0.4, 0.5) is 0 Å². The zero-order valence-electron chi connectivity index (χ0n) is 16.4. The molecule has 1 amide bonds. The van der Waals surface area contributed by atoms with Crippen molar-refractivity contribution in [3.05, 3.63) is 76.3 Å². The molecule has 0 fully saturated rings. The molecule has 0 saturated heterocycles. The van der Waals surface area contributed by atoms with Crippen LogP contribution >= 0.6 is 11.3 Å². The van der Waals surface area contributed by atoms with E-state index in [1.807, 2.05) is 54.8 Å². The van der Waals surface area contributed by atoms with Gasteiger partial charge in [0.05, 0.1) is 19.2 Å². The number of fused-ring (bicyclic) bond motifs is 1. The molecule has 0 spiro atoms. The van der Waals surface area contributed by atoms with Crippen molar-refractivity contribution in [3.63, 3.8) is 0 Å². The predicted octanol–water partition coefficient (Wildman–Crippen LogP) is 3.79. The van der Waals surface area contributed by atoms with Crippen molar-refractivity contribution in [1.82, 2.24) is 9.88 Å². The van der Waals surface area contributed by atoms with Gasteiger partial charge in [-0.15, -0.1) is 11.3 Å². The van der Waals surface area contributed by atoms with Crippen molar-refractivity contribution in [1.29, 1.82) is 0 Å². The predicted molar refractivity (Wildman–Crippen MR) is 112 cm³/mol. The summed E-state index contributed by atoms with van der Waals surface area (Å²) in [5.74, 6) is -0.498. The maximum Gasteiger partial charge on any atom is 0.328 e. The van der Waals surface area contributed by atoms with Crippen LogP contribution in [-0.2, 0) is 33.7 Å². The molecule has 4 rings (SSSR count). The van der Waals surface area contributed by atoms with Crippen LogP contribution in [0.25, 0.3) is 10.6 Å². The summed E-state index contributed by atoms with van der Waals surface area (Å²) in [4.78, 5) is 31.7. The molecule has 2 heterocycles. The number of rotatable bonds is 4. The van der Waals surface area contributed by atoms with Gasteiger partial charge in [0.2, 0.25) is 5.91 Å². The molecule has 1 aliphatic rings. The third kappa shape index (κ3) is 4.07. The number of carbonyl (C=O) groups is 2. The number of carbonyl (C=O) groups excluding carboxylic acids is 2. The Bertz CT molecular complexity index is 1060. The average Bonchev–Trinajstić information content (AvgIpc) is 3.20. The summed E-state index contributed by atoms with van der Waals surface area (Å²) in [6.45, 7) is 2.45. The number of ether oxygens (including phenoxy) is 1. The Balaban J connectivity index is 1.55. The minimum Gasteiger partial charge on any atom is -0.467 e. The number of hydrogen-bond acceptors (Lipinski definition) is 5. The van der Waals surface area contributed by atoms with Gasteiger partial charge >= 0.3 is 5.97 Å². The average molecular weight is 407 g/mol. The van der Waals surface area contributed by atoms with E-state index in [0.717, 1.165) is 27.4 Å². The quantitative estimate of drug-likeness (QED) is 0.619. The number of aryl methyl sites for hydroxylation is 1. The molecule has 5 nitrogen and oxygen atoms in total. The maximum absolute atomic E-state index is 13.1. The summed E-state index contributed by atoms with van der Waals surface area (Å²) < 4.78 is 4.96. The van der Waals surface area contributed by atoms with Crippen molar-refractivity contribution in [2.45, 2.75) is 32.4 Å². The zero-order valence-corrected chi connectivity index (χ0v) is 17.2. The Morgan fingerprint density at radius 2 is 1.97 bits per heavy atom. The van der Waals surface area contributed by atoms with Crippen LogP contribution in [0.3, 0.4) is 0 Å². The molecule has 0 bridgehead atoms. The highest BCUT2D eigenvalue weighted by atomic mass is 32.1. The molecule has 148 valence electrons. The Hall–Kier alpha value is -2.99. The number of amides is 1. The summed E-state index contributed by atoms with van der Waals surface area (Å²) >= 11 is 1.53. The van der Waals surface area contributed by atoms with Gasteiger partial charge in [0.1, 0.15) is 11.0 Å². The van der Waals surface area contributed by atoms with Crippen LogP contribution in [0.2, 0.25) is 0 Å². The van der Waals surface area contributed by atoms with Crippen LogP contribution in [0.5, 0.6) is 0 Å². The fourth-order valence-electron chi connectivity index (χ4n) is 3.69. The molecule has 1 aliphatic heterocycles. The van der Waals surface area contributed by atoms with E-state index in [4.69, 9.17) is 4.74 Å². The van der Waals surface area contributed by atoms with Crippen LogP contribution in [0.1, 0.15) is 22.4 Å². The van der Waals surface area contributed by atoms with Crippen LogP contribution in [-0.4, -0.2) is 34.9 Å². The van der Waals surface area contributed by atoms with Gasteiger partial charge in [-0.05, 0) is 24.1 Å². The summed E-state index contributed by atoms with van der Waals surface area (Å²) in [5.41, 5.74) is 5.09. The van der Waals surface area contributed by atoms with Gasteiger partial charge in [0, 0.05) is 23.9 Å². The van der Waals surface area contributed by atoms with E-state index in [1.54, 1.807) is 4.90 Å². The molecular formula is C23H22N2O3S. The van der Waals surface area contributed by atoms with E-state index in [2.05, 4.69) is 11.1 Å². The number of aromatic nitrogens is 1. The van der Waals surface area contributed by atoms with Gasteiger partial charge < -0.3 is 9.64 Å². The molecule has 3 aromatic rings. The fourth-order valence-corrected chi connectivity index (χ4v) is 4.50. The van der Waals surface area contributed by atoms with Gasteiger partial charge in [0.15, 0.2) is 0 Å². The molecule has 29 heavy (non-hydrogen) atoms. The molecule has 0 radical (unpaired) electrons. The van der Waals surface area contributed by atoms with Crippen molar-refractivity contribution in [2.24, 2.45) is 0 Å². The second kappa shape index (κ2) is 8.17. The minimum atomic E-state index is -0.600. The van der Waals surface area contributed by atoms with Gasteiger partial charge in [-0.3, -0.25) is 4.79 Å². The van der Waals surface area contributed by atoms with Crippen molar-refractivity contribution in [3.8, 4) is 10.6 Å². The Morgan fingerprint density at radius 1 is 1.17 bits per heavy atom. The van der Waals surface area contributed by atoms with E-state index >= 15 is 0 Å². The van der Waals surface area contributed by atoms with Gasteiger partial charge in [-0.2, -0.15) is 0 Å². The molecule has 2 aromatic carbocycles. The van der Waals surface area contributed by atoms with Crippen molar-refractivity contribution >= 4 is 23.2 Å².